The predicted octanol–water partition coefficient (Wildman–Crippen LogP) is 0.624. The van der Waals surface area contributed by atoms with Gasteiger partial charge in [-0.05, 0) is 27.7 Å². The van der Waals surface area contributed by atoms with E-state index in [1.54, 1.807) is 21.0 Å². The Labute approximate surface area is 104 Å². The molecule has 0 aromatic rings. The van der Waals surface area contributed by atoms with E-state index >= 15 is 0 Å². The number of carbonyl (C=O) groups is 1. The number of carbonyl (C=O) groups excluding carboxylic acids is 1. The largest absolute Gasteiger partial charge is 0.465 e. The fraction of sp³-hybridized carbons (Fsp3) is 0.917. The summed E-state index contributed by atoms with van der Waals surface area (Å²) in [5.41, 5.74) is 5.02. The third-order valence-electron chi connectivity index (χ3n) is 2.59. The molecule has 0 saturated heterocycles. The van der Waals surface area contributed by atoms with Crippen molar-refractivity contribution in [1.29, 1.82) is 0 Å². The van der Waals surface area contributed by atoms with Crippen LogP contribution >= 0.6 is 0 Å². The first-order chi connectivity index (χ1) is 7.85. The highest BCUT2D eigenvalue weighted by Crippen LogP contribution is 2.09. The Morgan fingerprint density at radius 2 is 2.06 bits per heavy atom. The van der Waals surface area contributed by atoms with E-state index in [4.69, 9.17) is 15.2 Å². The lowest BCUT2D eigenvalue weighted by atomic mass is 10.0. The summed E-state index contributed by atoms with van der Waals surface area (Å²) in [5, 5.41) is 0. The fourth-order valence-electron chi connectivity index (χ4n) is 1.51. The number of rotatable bonds is 8. The van der Waals surface area contributed by atoms with Crippen molar-refractivity contribution < 1.29 is 14.3 Å². The summed E-state index contributed by atoms with van der Waals surface area (Å²) in [6, 6.07) is 0.308. The van der Waals surface area contributed by atoms with Gasteiger partial charge in [-0.2, -0.15) is 0 Å². The summed E-state index contributed by atoms with van der Waals surface area (Å²) < 4.78 is 10.0. The molecule has 0 bridgehead atoms. The van der Waals surface area contributed by atoms with Crippen LogP contribution in [0.15, 0.2) is 0 Å². The van der Waals surface area contributed by atoms with E-state index in [1.807, 2.05) is 0 Å². The quantitative estimate of drug-likeness (QED) is 0.636. The Morgan fingerprint density at radius 3 is 2.47 bits per heavy atom. The lowest BCUT2D eigenvalue weighted by Gasteiger charge is -2.33. The highest BCUT2D eigenvalue weighted by molar-refractivity contribution is 5.80. The highest BCUT2D eigenvalue weighted by Gasteiger charge is 2.32. The van der Waals surface area contributed by atoms with Crippen molar-refractivity contribution in [1.82, 2.24) is 4.90 Å². The minimum atomic E-state index is -0.978. The molecule has 0 heterocycles. The molecule has 0 aliphatic heterocycles. The van der Waals surface area contributed by atoms with Crippen molar-refractivity contribution in [2.75, 3.05) is 33.4 Å². The molecule has 0 aliphatic rings. The molecule has 0 rings (SSSR count). The van der Waals surface area contributed by atoms with E-state index in [1.165, 1.54) is 0 Å². The summed E-state index contributed by atoms with van der Waals surface area (Å²) in [4.78, 5) is 13.8. The van der Waals surface area contributed by atoms with Gasteiger partial charge in [0.2, 0.25) is 0 Å². The molecule has 0 aromatic heterocycles. The summed E-state index contributed by atoms with van der Waals surface area (Å²) >= 11 is 0. The van der Waals surface area contributed by atoms with E-state index in [0.29, 0.717) is 25.8 Å². The van der Waals surface area contributed by atoms with Crippen molar-refractivity contribution in [3.8, 4) is 0 Å². The molecule has 5 heteroatoms. The molecule has 2 N–H and O–H groups in total. The first-order valence-electron chi connectivity index (χ1n) is 6.04. The molecular formula is C12H26N2O3. The van der Waals surface area contributed by atoms with Crippen LogP contribution in [-0.4, -0.2) is 55.9 Å². The third-order valence-corrected chi connectivity index (χ3v) is 2.59. The summed E-state index contributed by atoms with van der Waals surface area (Å²) in [6.07, 6.45) is 0. The number of hydrogen-bond acceptors (Lipinski definition) is 5. The molecule has 102 valence electrons. The van der Waals surface area contributed by atoms with Crippen LogP contribution in [0.4, 0.5) is 0 Å². The number of ether oxygens (including phenoxy) is 2. The van der Waals surface area contributed by atoms with Crippen molar-refractivity contribution in [3.63, 3.8) is 0 Å². The number of hydrogen-bond donors (Lipinski definition) is 1. The van der Waals surface area contributed by atoms with Crippen molar-refractivity contribution in [2.24, 2.45) is 5.73 Å². The molecule has 1 atom stereocenters. The number of methoxy groups -OCH3 is 1. The first kappa shape index (κ1) is 16.4. The Morgan fingerprint density at radius 1 is 1.47 bits per heavy atom. The van der Waals surface area contributed by atoms with Gasteiger partial charge in [-0.3, -0.25) is 9.69 Å². The molecule has 1 unspecified atom stereocenters. The van der Waals surface area contributed by atoms with Crippen LogP contribution in [0.1, 0.15) is 27.7 Å². The molecule has 17 heavy (non-hydrogen) atoms. The Balaban J connectivity index is 4.45. The average Bonchev–Trinajstić information content (AvgIpc) is 2.24. The molecule has 0 amide bonds. The third kappa shape index (κ3) is 6.00. The van der Waals surface area contributed by atoms with Crippen LogP contribution in [0, 0.1) is 0 Å². The summed E-state index contributed by atoms with van der Waals surface area (Å²) in [7, 11) is 1.66. The monoisotopic (exact) mass is 246 g/mol. The van der Waals surface area contributed by atoms with Gasteiger partial charge in [0, 0.05) is 26.2 Å². The van der Waals surface area contributed by atoms with E-state index in [-0.39, 0.29) is 5.97 Å². The Bertz CT molecular complexity index is 230. The number of nitrogens with zero attached hydrogens (tertiary/aromatic N) is 1. The average molecular weight is 246 g/mol. The summed E-state index contributed by atoms with van der Waals surface area (Å²) in [5.74, 6) is -0.358. The zero-order chi connectivity index (χ0) is 13.5. The Kier molecular flexibility index (Phi) is 7.34. The van der Waals surface area contributed by atoms with Gasteiger partial charge in [0.05, 0.1) is 13.2 Å². The van der Waals surface area contributed by atoms with E-state index in [0.717, 1.165) is 6.54 Å². The lowest BCUT2D eigenvalue weighted by Crippen LogP contribution is -2.56. The molecule has 0 aliphatic carbocycles. The van der Waals surface area contributed by atoms with E-state index in [9.17, 15) is 4.79 Å². The van der Waals surface area contributed by atoms with Gasteiger partial charge >= 0.3 is 5.97 Å². The van der Waals surface area contributed by atoms with E-state index in [2.05, 4.69) is 18.7 Å². The first-order valence-corrected chi connectivity index (χ1v) is 6.04. The van der Waals surface area contributed by atoms with Crippen LogP contribution in [0.3, 0.4) is 0 Å². The van der Waals surface area contributed by atoms with Gasteiger partial charge in [0.15, 0.2) is 0 Å². The van der Waals surface area contributed by atoms with Crippen LogP contribution in [0.5, 0.6) is 0 Å². The van der Waals surface area contributed by atoms with Gasteiger partial charge in [0.1, 0.15) is 5.54 Å². The molecule has 0 aromatic carbocycles. The molecule has 0 spiro atoms. The molecular weight excluding hydrogens is 220 g/mol. The standard InChI is InChI=1S/C12H26N2O3/c1-6-17-11(15)12(4,13)9-14(10(2)3)7-8-16-5/h10H,6-9,13H2,1-5H3. The predicted molar refractivity (Wildman–Crippen MR) is 67.8 cm³/mol. The minimum absolute atomic E-state index is 0.308. The van der Waals surface area contributed by atoms with Crippen molar-refractivity contribution >= 4 is 5.97 Å². The highest BCUT2D eigenvalue weighted by atomic mass is 16.5. The topological polar surface area (TPSA) is 64.8 Å². The van der Waals surface area contributed by atoms with Gasteiger partial charge < -0.3 is 15.2 Å². The molecule has 5 nitrogen and oxygen atoms in total. The maximum absolute atomic E-state index is 11.7. The zero-order valence-corrected chi connectivity index (χ0v) is 11.7. The van der Waals surface area contributed by atoms with Crippen LogP contribution < -0.4 is 5.73 Å². The maximum atomic E-state index is 11.7. The lowest BCUT2D eigenvalue weighted by molar-refractivity contribution is -0.150. The second-order valence-corrected chi connectivity index (χ2v) is 4.69. The number of nitrogens with two attached hydrogens (primary N) is 1. The van der Waals surface area contributed by atoms with Crippen LogP contribution in [0.2, 0.25) is 0 Å². The number of esters is 1. The van der Waals surface area contributed by atoms with Gasteiger partial charge in [-0.1, -0.05) is 0 Å². The zero-order valence-electron chi connectivity index (χ0n) is 11.7. The van der Waals surface area contributed by atoms with Crippen molar-refractivity contribution in [2.45, 2.75) is 39.3 Å². The van der Waals surface area contributed by atoms with Crippen molar-refractivity contribution in [3.05, 3.63) is 0 Å². The van der Waals surface area contributed by atoms with Gasteiger partial charge in [-0.25, -0.2) is 0 Å². The van der Waals surface area contributed by atoms with Crippen LogP contribution in [-0.2, 0) is 14.3 Å². The van der Waals surface area contributed by atoms with Gasteiger partial charge in [-0.15, -0.1) is 0 Å². The maximum Gasteiger partial charge on any atom is 0.327 e. The molecule has 0 fully saturated rings. The van der Waals surface area contributed by atoms with Gasteiger partial charge in [0.25, 0.3) is 0 Å². The normalized spacial score (nSPS) is 15.1. The summed E-state index contributed by atoms with van der Waals surface area (Å²) in [6.45, 7) is 9.80. The molecule has 0 radical (unpaired) electrons. The Hall–Kier alpha value is -0.650. The second kappa shape index (κ2) is 7.63. The van der Waals surface area contributed by atoms with E-state index < -0.39 is 5.54 Å². The fourth-order valence-corrected chi connectivity index (χ4v) is 1.51. The smallest absolute Gasteiger partial charge is 0.327 e. The second-order valence-electron chi connectivity index (χ2n) is 4.69. The molecule has 0 saturated carbocycles. The van der Waals surface area contributed by atoms with Crippen LogP contribution in [0.25, 0.3) is 0 Å². The SMILES string of the molecule is CCOC(=O)C(C)(N)CN(CCOC)C(C)C. The minimum Gasteiger partial charge on any atom is -0.465 e.